The van der Waals surface area contributed by atoms with E-state index in [9.17, 15) is 0 Å². The quantitative estimate of drug-likeness (QED) is 0.337. The minimum absolute atomic E-state index is 0.467. The molecule has 0 saturated heterocycles. The first-order chi connectivity index (χ1) is 15.9. The van der Waals surface area contributed by atoms with E-state index in [-0.39, 0.29) is 0 Å². The summed E-state index contributed by atoms with van der Waals surface area (Å²) < 4.78 is 2.52. The molecule has 2 bridgehead atoms. The number of aromatic amines is 1. The number of rotatable bonds is 7. The lowest BCUT2D eigenvalue weighted by Gasteiger charge is -2.17. The van der Waals surface area contributed by atoms with Crippen LogP contribution in [0, 0.1) is 0 Å². The molecule has 0 radical (unpaired) electrons. The summed E-state index contributed by atoms with van der Waals surface area (Å²) in [4.78, 5) is 3.60. The summed E-state index contributed by atoms with van der Waals surface area (Å²) in [5.41, 5.74) is 8.16. The molecule has 2 aliphatic rings. The van der Waals surface area contributed by atoms with Crippen molar-refractivity contribution in [3.63, 3.8) is 0 Å². The van der Waals surface area contributed by atoms with E-state index in [1.807, 2.05) is 0 Å². The van der Waals surface area contributed by atoms with Gasteiger partial charge in [0.15, 0.2) is 0 Å². The fraction of sp³-hybridized carbons (Fsp3) is 0.200. The van der Waals surface area contributed by atoms with E-state index >= 15 is 0 Å². The van der Waals surface area contributed by atoms with Crippen molar-refractivity contribution in [1.29, 1.82) is 0 Å². The Morgan fingerprint density at radius 1 is 0.781 bits per heavy atom. The molecule has 0 saturated carbocycles. The van der Waals surface area contributed by atoms with E-state index in [1.165, 1.54) is 63.6 Å². The molecule has 32 heavy (non-hydrogen) atoms. The third-order valence-corrected chi connectivity index (χ3v) is 6.88. The van der Waals surface area contributed by atoms with Gasteiger partial charge in [0.1, 0.15) is 0 Å². The summed E-state index contributed by atoms with van der Waals surface area (Å²) >= 11 is 0. The maximum atomic E-state index is 3.60. The highest BCUT2D eigenvalue weighted by Gasteiger charge is 2.25. The zero-order chi connectivity index (χ0) is 21.3. The van der Waals surface area contributed by atoms with E-state index in [4.69, 9.17) is 0 Å². The van der Waals surface area contributed by atoms with Crippen LogP contribution in [0.4, 0.5) is 0 Å². The first kappa shape index (κ1) is 19.2. The predicted molar refractivity (Wildman–Crippen MR) is 133 cm³/mol. The second-order valence-electron chi connectivity index (χ2n) is 8.99. The zero-order valence-electron chi connectivity index (χ0n) is 18.3. The van der Waals surface area contributed by atoms with Crippen LogP contribution in [0.25, 0.3) is 23.4 Å². The molecule has 3 heterocycles. The van der Waals surface area contributed by atoms with Gasteiger partial charge in [-0.05, 0) is 60.2 Å². The fourth-order valence-electron chi connectivity index (χ4n) is 5.35. The third kappa shape index (κ3) is 3.46. The highest BCUT2D eigenvalue weighted by molar-refractivity contribution is 5.75. The standard InChI is InChI=1S/C30H28N2/c1-3-10-22(11-4-1)12-7-8-15-24-16-9-17-27-29(24)30-26-19-18-25(31-26)20-28(30)32(27)21-23-13-5-2-6-14-23/h1-6,9-11,13-14,16-20,24,31H,7-8,12,15,21H2. The smallest absolute Gasteiger partial charge is 0.0533 e. The van der Waals surface area contributed by atoms with Crippen molar-refractivity contribution in [2.75, 3.05) is 0 Å². The SMILES string of the molecule is C1=CC(CCCCc2ccccc2)c2c3c(n(Cc4ccccc4)c2=C1)=Cc1ccc-3[nH]1. The van der Waals surface area contributed by atoms with Crippen molar-refractivity contribution in [2.24, 2.45) is 0 Å². The molecule has 1 aliphatic carbocycles. The number of allylic oxidation sites excluding steroid dienone is 2. The molecule has 158 valence electrons. The second kappa shape index (κ2) is 8.20. The van der Waals surface area contributed by atoms with Crippen LogP contribution in [0.2, 0.25) is 0 Å². The van der Waals surface area contributed by atoms with Gasteiger partial charge >= 0.3 is 0 Å². The average Bonchev–Trinajstić information content (AvgIpc) is 3.37. The number of hydrogen-bond donors (Lipinski definition) is 1. The number of aromatic nitrogens is 2. The highest BCUT2D eigenvalue weighted by atomic mass is 15.0. The summed E-state index contributed by atoms with van der Waals surface area (Å²) in [5.74, 6) is 0.467. The molecule has 0 spiro atoms. The van der Waals surface area contributed by atoms with Gasteiger partial charge in [-0.2, -0.15) is 0 Å². The molecular weight excluding hydrogens is 388 g/mol. The van der Waals surface area contributed by atoms with Crippen LogP contribution in [0.1, 0.15) is 47.6 Å². The van der Waals surface area contributed by atoms with Gasteiger partial charge < -0.3 is 9.55 Å². The normalized spacial score (nSPS) is 15.6. The number of unbranched alkanes of at least 4 members (excludes halogenated alkanes) is 1. The van der Waals surface area contributed by atoms with Crippen LogP contribution >= 0.6 is 0 Å². The highest BCUT2D eigenvalue weighted by Crippen LogP contribution is 2.32. The molecule has 2 nitrogen and oxygen atoms in total. The van der Waals surface area contributed by atoms with Gasteiger partial charge in [-0.25, -0.2) is 0 Å². The first-order valence-electron chi connectivity index (χ1n) is 11.8. The van der Waals surface area contributed by atoms with Crippen LogP contribution in [0.5, 0.6) is 0 Å². The molecule has 1 aliphatic heterocycles. The Morgan fingerprint density at radius 3 is 2.38 bits per heavy atom. The van der Waals surface area contributed by atoms with Crippen LogP contribution in [-0.4, -0.2) is 9.55 Å². The van der Waals surface area contributed by atoms with Crippen molar-refractivity contribution < 1.29 is 0 Å². The van der Waals surface area contributed by atoms with Crippen molar-refractivity contribution >= 4 is 12.2 Å². The number of H-pyrrole nitrogens is 1. The molecule has 0 amide bonds. The van der Waals surface area contributed by atoms with Gasteiger partial charge in [0.05, 0.1) is 5.35 Å². The average molecular weight is 417 g/mol. The first-order valence-corrected chi connectivity index (χ1v) is 11.8. The zero-order valence-corrected chi connectivity index (χ0v) is 18.3. The predicted octanol–water partition coefficient (Wildman–Crippen LogP) is 5.52. The summed E-state index contributed by atoms with van der Waals surface area (Å²) in [5, 5.41) is 2.73. The molecule has 1 unspecified atom stereocenters. The Balaban J connectivity index is 1.33. The molecule has 1 atom stereocenters. The maximum Gasteiger partial charge on any atom is 0.0533 e. The summed E-state index contributed by atoms with van der Waals surface area (Å²) in [6.07, 6.45) is 14.2. The molecule has 2 aromatic heterocycles. The van der Waals surface area contributed by atoms with E-state index in [1.54, 1.807) is 0 Å². The fourth-order valence-corrected chi connectivity index (χ4v) is 5.35. The minimum atomic E-state index is 0.467. The lowest BCUT2D eigenvalue weighted by atomic mass is 9.87. The summed E-state index contributed by atoms with van der Waals surface area (Å²) in [7, 11) is 0. The lowest BCUT2D eigenvalue weighted by Crippen LogP contribution is -2.30. The summed E-state index contributed by atoms with van der Waals surface area (Å²) in [6.45, 7) is 0.903. The maximum absolute atomic E-state index is 3.60. The Hall–Kier alpha value is -3.52. The Labute approximate surface area is 189 Å². The number of nitrogens with one attached hydrogen (secondary N) is 1. The van der Waals surface area contributed by atoms with E-state index in [2.05, 4.69) is 107 Å². The van der Waals surface area contributed by atoms with Gasteiger partial charge in [-0.15, -0.1) is 0 Å². The third-order valence-electron chi connectivity index (χ3n) is 6.88. The summed E-state index contributed by atoms with van der Waals surface area (Å²) in [6, 6.07) is 26.1. The molecule has 6 rings (SSSR count). The van der Waals surface area contributed by atoms with Gasteiger partial charge in [0.2, 0.25) is 0 Å². The Bertz CT molecular complexity index is 1380. The molecule has 2 aromatic carbocycles. The van der Waals surface area contributed by atoms with E-state index in [0.29, 0.717) is 5.92 Å². The molecule has 1 N–H and O–H groups in total. The lowest BCUT2D eigenvalue weighted by molar-refractivity contribution is 0.630. The monoisotopic (exact) mass is 416 g/mol. The number of aryl methyl sites for hydroxylation is 1. The van der Waals surface area contributed by atoms with E-state index < -0.39 is 0 Å². The molecule has 2 heteroatoms. The van der Waals surface area contributed by atoms with Crippen LogP contribution < -0.4 is 10.7 Å². The second-order valence-corrected chi connectivity index (χ2v) is 8.99. The molecule has 4 aromatic rings. The minimum Gasteiger partial charge on any atom is -0.355 e. The van der Waals surface area contributed by atoms with Crippen molar-refractivity contribution in [3.05, 3.63) is 118 Å². The Morgan fingerprint density at radius 2 is 1.56 bits per heavy atom. The van der Waals surface area contributed by atoms with Crippen LogP contribution in [0.15, 0.2) is 84.9 Å². The number of benzene rings is 2. The topological polar surface area (TPSA) is 20.7 Å². The van der Waals surface area contributed by atoms with E-state index in [0.717, 1.165) is 13.0 Å². The van der Waals surface area contributed by atoms with Crippen molar-refractivity contribution in [3.8, 4) is 11.3 Å². The van der Waals surface area contributed by atoms with Crippen LogP contribution in [0.3, 0.4) is 0 Å². The molecule has 0 fully saturated rings. The van der Waals surface area contributed by atoms with Gasteiger partial charge in [0.25, 0.3) is 0 Å². The van der Waals surface area contributed by atoms with Crippen molar-refractivity contribution in [1.82, 2.24) is 9.55 Å². The number of hydrogen-bond acceptors (Lipinski definition) is 0. The number of fused-ring (bicyclic) bond motifs is 6. The largest absolute Gasteiger partial charge is 0.355 e. The Kier molecular flexibility index (Phi) is 4.92. The van der Waals surface area contributed by atoms with Gasteiger partial charge in [-0.1, -0.05) is 79.2 Å². The van der Waals surface area contributed by atoms with Crippen molar-refractivity contribution in [2.45, 2.75) is 38.1 Å². The van der Waals surface area contributed by atoms with Gasteiger partial charge in [-0.3, -0.25) is 0 Å². The van der Waals surface area contributed by atoms with Gasteiger partial charge in [0, 0.05) is 34.8 Å². The van der Waals surface area contributed by atoms with Crippen LogP contribution in [-0.2, 0) is 13.0 Å². The number of nitrogens with zero attached hydrogens (tertiary/aromatic N) is 1. The molecular formula is C30H28N2.